The molecule has 0 aliphatic heterocycles. The van der Waals surface area contributed by atoms with Crippen molar-refractivity contribution in [3.05, 3.63) is 46.9 Å². The zero-order chi connectivity index (χ0) is 13.1. The first-order valence-corrected chi connectivity index (χ1v) is 6.33. The molecule has 0 N–H and O–H groups in total. The van der Waals surface area contributed by atoms with E-state index < -0.39 is 0 Å². The highest BCUT2D eigenvalue weighted by molar-refractivity contribution is 6.30. The van der Waals surface area contributed by atoms with Gasteiger partial charge in [0.2, 0.25) is 0 Å². The van der Waals surface area contributed by atoms with Gasteiger partial charge in [-0.2, -0.15) is 0 Å². The molecule has 18 heavy (non-hydrogen) atoms. The second-order valence-electron chi connectivity index (χ2n) is 4.13. The number of rotatable bonds is 3. The first-order valence-electron chi connectivity index (χ1n) is 5.95. The Kier molecular flexibility index (Phi) is 3.82. The molecule has 0 aliphatic rings. The zero-order valence-corrected chi connectivity index (χ0v) is 11.6. The van der Waals surface area contributed by atoms with Gasteiger partial charge in [0.1, 0.15) is 16.8 Å². The van der Waals surface area contributed by atoms with Crippen molar-refractivity contribution in [3.8, 4) is 0 Å². The number of hydrogen-bond donors (Lipinski definition) is 0. The summed E-state index contributed by atoms with van der Waals surface area (Å²) < 4.78 is 0. The molecule has 1 heterocycles. The number of benzene rings is 1. The highest BCUT2D eigenvalue weighted by Gasteiger charge is 2.13. The Morgan fingerprint density at radius 1 is 1.17 bits per heavy atom. The van der Waals surface area contributed by atoms with E-state index in [2.05, 4.69) is 9.97 Å². The minimum Gasteiger partial charge on any atom is -0.329 e. The van der Waals surface area contributed by atoms with Gasteiger partial charge in [-0.05, 0) is 19.1 Å². The lowest BCUT2D eigenvalue weighted by Crippen LogP contribution is -2.14. The van der Waals surface area contributed by atoms with Crippen LogP contribution >= 0.6 is 11.6 Å². The average Bonchev–Trinajstić information content (AvgIpc) is 2.42. The third kappa shape index (κ3) is 2.46. The molecule has 3 nitrogen and oxygen atoms in total. The molecule has 1 aromatic carbocycles. The summed E-state index contributed by atoms with van der Waals surface area (Å²) in [4.78, 5) is 10.8. The van der Waals surface area contributed by atoms with E-state index in [0.29, 0.717) is 5.15 Å². The summed E-state index contributed by atoms with van der Waals surface area (Å²) in [5.74, 6) is 1.63. The van der Waals surface area contributed by atoms with Gasteiger partial charge in [-0.1, -0.05) is 36.7 Å². The van der Waals surface area contributed by atoms with Crippen molar-refractivity contribution in [1.82, 2.24) is 9.97 Å². The van der Waals surface area contributed by atoms with E-state index in [4.69, 9.17) is 11.6 Å². The third-order valence-electron chi connectivity index (χ3n) is 2.88. The SMILES string of the molecule is CCc1nc(Cl)c(C)c(N(C)c2ccccc2)n1. The number of anilines is 2. The largest absolute Gasteiger partial charge is 0.329 e. The molecule has 0 atom stereocenters. The van der Waals surface area contributed by atoms with Gasteiger partial charge in [-0.3, -0.25) is 0 Å². The van der Waals surface area contributed by atoms with E-state index >= 15 is 0 Å². The minimum absolute atomic E-state index is 0.527. The number of nitrogens with zero attached hydrogens (tertiary/aromatic N) is 3. The standard InChI is InChI=1S/C14H16ClN3/c1-4-12-16-13(15)10(2)14(17-12)18(3)11-8-6-5-7-9-11/h5-9H,4H2,1-3H3. The van der Waals surface area contributed by atoms with E-state index in [1.54, 1.807) is 0 Å². The van der Waals surface area contributed by atoms with Crippen LogP contribution in [0.25, 0.3) is 0 Å². The molecule has 1 aromatic heterocycles. The van der Waals surface area contributed by atoms with Crippen molar-refractivity contribution in [2.24, 2.45) is 0 Å². The van der Waals surface area contributed by atoms with Gasteiger partial charge in [0.05, 0.1) is 0 Å². The molecule has 0 spiro atoms. The quantitative estimate of drug-likeness (QED) is 0.788. The topological polar surface area (TPSA) is 29.0 Å². The van der Waals surface area contributed by atoms with Crippen LogP contribution in [0.3, 0.4) is 0 Å². The Bertz CT molecular complexity index is 540. The minimum atomic E-state index is 0.527. The second kappa shape index (κ2) is 5.36. The van der Waals surface area contributed by atoms with Crippen molar-refractivity contribution in [2.75, 3.05) is 11.9 Å². The molecular weight excluding hydrogens is 246 g/mol. The fourth-order valence-corrected chi connectivity index (χ4v) is 1.96. The maximum Gasteiger partial charge on any atom is 0.140 e. The number of halogens is 1. The average molecular weight is 262 g/mol. The predicted octanol–water partition coefficient (Wildman–Crippen LogP) is 3.77. The molecule has 2 aromatic rings. The summed E-state index contributed by atoms with van der Waals surface area (Å²) in [6, 6.07) is 10.1. The third-order valence-corrected chi connectivity index (χ3v) is 3.25. The Labute approximate surface area is 112 Å². The van der Waals surface area contributed by atoms with E-state index in [9.17, 15) is 0 Å². The Balaban J connectivity index is 2.47. The van der Waals surface area contributed by atoms with E-state index in [1.807, 2.05) is 56.1 Å². The Hall–Kier alpha value is -1.61. The van der Waals surface area contributed by atoms with Gasteiger partial charge in [-0.25, -0.2) is 9.97 Å². The van der Waals surface area contributed by atoms with Crippen LogP contribution in [0.1, 0.15) is 18.3 Å². The molecule has 0 radical (unpaired) electrons. The van der Waals surface area contributed by atoms with Crippen molar-refractivity contribution in [3.63, 3.8) is 0 Å². The van der Waals surface area contributed by atoms with Gasteiger partial charge in [-0.15, -0.1) is 0 Å². The summed E-state index contributed by atoms with van der Waals surface area (Å²) >= 11 is 6.15. The van der Waals surface area contributed by atoms with Gasteiger partial charge in [0.15, 0.2) is 0 Å². The lowest BCUT2D eigenvalue weighted by atomic mass is 10.2. The Morgan fingerprint density at radius 3 is 2.44 bits per heavy atom. The molecule has 0 saturated carbocycles. The fourth-order valence-electron chi connectivity index (χ4n) is 1.78. The van der Waals surface area contributed by atoms with Crippen LogP contribution in [0.15, 0.2) is 30.3 Å². The highest BCUT2D eigenvalue weighted by atomic mass is 35.5. The zero-order valence-electron chi connectivity index (χ0n) is 10.8. The molecule has 0 saturated heterocycles. The fraction of sp³-hybridized carbons (Fsp3) is 0.286. The van der Waals surface area contributed by atoms with Crippen LogP contribution in [-0.2, 0) is 6.42 Å². The smallest absolute Gasteiger partial charge is 0.140 e. The molecule has 94 valence electrons. The van der Waals surface area contributed by atoms with Crippen LogP contribution < -0.4 is 4.90 Å². The lowest BCUT2D eigenvalue weighted by molar-refractivity contribution is 0.915. The van der Waals surface area contributed by atoms with Crippen LogP contribution in [-0.4, -0.2) is 17.0 Å². The van der Waals surface area contributed by atoms with Crippen LogP contribution in [0, 0.1) is 6.92 Å². The highest BCUT2D eigenvalue weighted by Crippen LogP contribution is 2.28. The van der Waals surface area contributed by atoms with Crippen molar-refractivity contribution in [2.45, 2.75) is 20.3 Å². The predicted molar refractivity (Wildman–Crippen MR) is 75.7 cm³/mol. The summed E-state index contributed by atoms with van der Waals surface area (Å²) in [7, 11) is 1.99. The van der Waals surface area contributed by atoms with Gasteiger partial charge in [0.25, 0.3) is 0 Å². The second-order valence-corrected chi connectivity index (χ2v) is 4.49. The maximum absolute atomic E-state index is 6.15. The molecule has 4 heteroatoms. The van der Waals surface area contributed by atoms with Crippen LogP contribution in [0.5, 0.6) is 0 Å². The normalized spacial score (nSPS) is 10.4. The van der Waals surface area contributed by atoms with E-state index in [-0.39, 0.29) is 0 Å². The van der Waals surface area contributed by atoms with Gasteiger partial charge < -0.3 is 4.90 Å². The van der Waals surface area contributed by atoms with Crippen LogP contribution in [0.2, 0.25) is 5.15 Å². The molecule has 0 bridgehead atoms. The summed E-state index contributed by atoms with van der Waals surface area (Å²) in [6.45, 7) is 3.96. The summed E-state index contributed by atoms with van der Waals surface area (Å²) in [5, 5.41) is 0.527. The first-order chi connectivity index (χ1) is 8.63. The number of aromatic nitrogens is 2. The van der Waals surface area contributed by atoms with E-state index in [1.165, 1.54) is 0 Å². The molecular formula is C14H16ClN3. The summed E-state index contributed by atoms with van der Waals surface area (Å²) in [6.07, 6.45) is 0.773. The molecule has 0 unspecified atom stereocenters. The van der Waals surface area contributed by atoms with E-state index in [0.717, 1.165) is 29.3 Å². The molecule has 0 amide bonds. The summed E-state index contributed by atoms with van der Waals surface area (Å²) in [5.41, 5.74) is 1.98. The lowest BCUT2D eigenvalue weighted by Gasteiger charge is -2.21. The van der Waals surface area contributed by atoms with Gasteiger partial charge in [0, 0.05) is 24.7 Å². The number of para-hydroxylation sites is 1. The van der Waals surface area contributed by atoms with Crippen molar-refractivity contribution < 1.29 is 0 Å². The molecule has 0 aliphatic carbocycles. The molecule has 2 rings (SSSR count). The first kappa shape index (κ1) is 12.8. The van der Waals surface area contributed by atoms with Gasteiger partial charge >= 0.3 is 0 Å². The maximum atomic E-state index is 6.15. The number of aryl methyl sites for hydroxylation is 1. The van der Waals surface area contributed by atoms with Crippen molar-refractivity contribution >= 4 is 23.1 Å². The van der Waals surface area contributed by atoms with Crippen molar-refractivity contribution in [1.29, 1.82) is 0 Å². The van der Waals surface area contributed by atoms with Crippen LogP contribution in [0.4, 0.5) is 11.5 Å². The monoisotopic (exact) mass is 261 g/mol. The molecule has 0 fully saturated rings. The Morgan fingerprint density at radius 2 is 1.83 bits per heavy atom. The number of hydrogen-bond acceptors (Lipinski definition) is 3.